The van der Waals surface area contributed by atoms with Crippen molar-refractivity contribution in [1.29, 1.82) is 0 Å². The van der Waals surface area contributed by atoms with E-state index in [1.165, 1.54) is 11.3 Å². The van der Waals surface area contributed by atoms with Crippen molar-refractivity contribution < 1.29 is 19.1 Å². The first kappa shape index (κ1) is 17.7. The Kier molecular flexibility index (Phi) is 4.47. The normalized spacial score (nSPS) is 21.2. The van der Waals surface area contributed by atoms with Gasteiger partial charge in [0, 0.05) is 19.4 Å². The van der Waals surface area contributed by atoms with Crippen LogP contribution in [-0.2, 0) is 9.59 Å². The van der Waals surface area contributed by atoms with E-state index < -0.39 is 5.92 Å². The average Bonchev–Trinajstić information content (AvgIpc) is 3.34. The fourth-order valence-corrected chi connectivity index (χ4v) is 4.12. The number of nitrogens with zero attached hydrogens (tertiary/aromatic N) is 3. The third-order valence-corrected chi connectivity index (χ3v) is 5.97. The Morgan fingerprint density at radius 3 is 2.81 bits per heavy atom. The molecule has 2 aromatic rings. The SMILES string of the molecule is CC(C)c1nnc(NC(=O)[C@H]2CC(=O)N(C)[C@H]2c2ccc3c(c2)OCO3)s1. The van der Waals surface area contributed by atoms with E-state index in [2.05, 4.69) is 15.5 Å². The number of aromatic nitrogens is 2. The molecule has 27 heavy (non-hydrogen) atoms. The number of carbonyl (C=O) groups excluding carboxylic acids is 2. The number of benzene rings is 1. The summed E-state index contributed by atoms with van der Waals surface area (Å²) in [5, 5.41) is 12.3. The van der Waals surface area contributed by atoms with Gasteiger partial charge in [0.2, 0.25) is 23.7 Å². The van der Waals surface area contributed by atoms with E-state index in [0.29, 0.717) is 16.6 Å². The number of hydrogen-bond donors (Lipinski definition) is 1. The van der Waals surface area contributed by atoms with Crippen molar-refractivity contribution in [2.75, 3.05) is 19.2 Å². The molecule has 0 bridgehead atoms. The van der Waals surface area contributed by atoms with E-state index in [9.17, 15) is 9.59 Å². The number of anilines is 1. The number of amides is 2. The summed E-state index contributed by atoms with van der Waals surface area (Å²) in [6, 6.07) is 5.15. The van der Waals surface area contributed by atoms with Crippen LogP contribution >= 0.6 is 11.3 Å². The quantitative estimate of drug-likeness (QED) is 0.865. The maximum Gasteiger partial charge on any atom is 0.232 e. The lowest BCUT2D eigenvalue weighted by atomic mass is 9.92. The molecule has 0 radical (unpaired) electrons. The zero-order valence-corrected chi connectivity index (χ0v) is 16.1. The lowest BCUT2D eigenvalue weighted by molar-refractivity contribution is -0.127. The third-order valence-electron chi connectivity index (χ3n) is 4.83. The van der Waals surface area contributed by atoms with Crippen LogP contribution < -0.4 is 14.8 Å². The Morgan fingerprint density at radius 1 is 1.30 bits per heavy atom. The molecular weight excluding hydrogens is 368 g/mol. The predicted molar refractivity (Wildman–Crippen MR) is 98.8 cm³/mol. The molecule has 0 unspecified atom stereocenters. The number of nitrogens with one attached hydrogen (secondary N) is 1. The molecule has 8 nitrogen and oxygen atoms in total. The number of rotatable bonds is 4. The van der Waals surface area contributed by atoms with Crippen molar-refractivity contribution in [2.24, 2.45) is 5.92 Å². The van der Waals surface area contributed by atoms with Gasteiger partial charge in [0.15, 0.2) is 11.5 Å². The first-order valence-electron chi connectivity index (χ1n) is 8.73. The Bertz CT molecular complexity index is 897. The molecule has 1 fully saturated rings. The molecule has 3 heterocycles. The van der Waals surface area contributed by atoms with Gasteiger partial charge in [-0.1, -0.05) is 31.3 Å². The molecule has 142 valence electrons. The zero-order chi connectivity index (χ0) is 19.1. The predicted octanol–water partition coefficient (Wildman–Crippen LogP) is 2.55. The summed E-state index contributed by atoms with van der Waals surface area (Å²) in [6.45, 7) is 4.22. The van der Waals surface area contributed by atoms with E-state index in [1.54, 1.807) is 11.9 Å². The summed E-state index contributed by atoms with van der Waals surface area (Å²) < 4.78 is 10.8. The van der Waals surface area contributed by atoms with E-state index in [1.807, 2.05) is 32.0 Å². The summed E-state index contributed by atoms with van der Waals surface area (Å²) in [6.07, 6.45) is 0.150. The van der Waals surface area contributed by atoms with E-state index in [-0.39, 0.29) is 37.0 Å². The van der Waals surface area contributed by atoms with Gasteiger partial charge in [0.25, 0.3) is 0 Å². The molecule has 1 aromatic heterocycles. The van der Waals surface area contributed by atoms with Gasteiger partial charge in [-0.2, -0.15) is 0 Å². The van der Waals surface area contributed by atoms with Gasteiger partial charge in [0.05, 0.1) is 12.0 Å². The topological polar surface area (TPSA) is 93.7 Å². The van der Waals surface area contributed by atoms with E-state index in [0.717, 1.165) is 10.6 Å². The first-order chi connectivity index (χ1) is 12.9. The monoisotopic (exact) mass is 388 g/mol. The highest BCUT2D eigenvalue weighted by molar-refractivity contribution is 7.15. The standard InChI is InChI=1S/C18H20N4O4S/c1-9(2)17-20-21-18(27-17)19-16(24)11-7-14(23)22(3)15(11)10-4-5-12-13(6-10)26-8-25-12/h4-6,9,11,15H,7-8H2,1-3H3,(H,19,21,24)/t11-,15-/m0/s1. The van der Waals surface area contributed by atoms with Crippen molar-refractivity contribution in [3.63, 3.8) is 0 Å². The van der Waals surface area contributed by atoms with Crippen molar-refractivity contribution in [2.45, 2.75) is 32.2 Å². The first-order valence-corrected chi connectivity index (χ1v) is 9.55. The lowest BCUT2D eigenvalue weighted by Crippen LogP contribution is -2.30. The Labute approximate surface area is 160 Å². The van der Waals surface area contributed by atoms with Gasteiger partial charge >= 0.3 is 0 Å². The molecule has 0 saturated carbocycles. The van der Waals surface area contributed by atoms with Crippen LogP contribution in [-0.4, -0.2) is 40.8 Å². The highest BCUT2D eigenvalue weighted by Gasteiger charge is 2.43. The van der Waals surface area contributed by atoms with Crippen LogP contribution in [0.3, 0.4) is 0 Å². The smallest absolute Gasteiger partial charge is 0.232 e. The number of carbonyl (C=O) groups is 2. The number of likely N-dealkylation sites (tertiary alicyclic amines) is 1. The summed E-state index contributed by atoms with van der Waals surface area (Å²) in [7, 11) is 1.71. The van der Waals surface area contributed by atoms with Gasteiger partial charge in [-0.25, -0.2) is 0 Å². The van der Waals surface area contributed by atoms with Crippen molar-refractivity contribution in [3.8, 4) is 11.5 Å². The van der Waals surface area contributed by atoms with Crippen molar-refractivity contribution in [3.05, 3.63) is 28.8 Å². The summed E-state index contributed by atoms with van der Waals surface area (Å²) >= 11 is 1.35. The largest absolute Gasteiger partial charge is 0.454 e. The molecule has 2 aliphatic rings. The highest BCUT2D eigenvalue weighted by atomic mass is 32.1. The molecule has 2 atom stereocenters. The van der Waals surface area contributed by atoms with Gasteiger partial charge < -0.3 is 19.7 Å². The second kappa shape index (κ2) is 6.80. The Hall–Kier alpha value is -2.68. The van der Waals surface area contributed by atoms with Crippen LogP contribution in [0, 0.1) is 5.92 Å². The fourth-order valence-electron chi connectivity index (χ4n) is 3.37. The second-order valence-corrected chi connectivity index (χ2v) is 7.97. The third kappa shape index (κ3) is 3.23. The van der Waals surface area contributed by atoms with E-state index in [4.69, 9.17) is 9.47 Å². The second-order valence-electron chi connectivity index (χ2n) is 6.96. The minimum atomic E-state index is -0.519. The molecular formula is C18H20N4O4S. The molecule has 1 aromatic carbocycles. The number of hydrogen-bond acceptors (Lipinski definition) is 7. The summed E-state index contributed by atoms with van der Waals surface area (Å²) in [5.74, 6) is 0.717. The number of ether oxygens (including phenoxy) is 2. The Balaban J connectivity index is 1.58. The summed E-state index contributed by atoms with van der Waals surface area (Å²) in [4.78, 5) is 26.8. The molecule has 2 amide bonds. The van der Waals surface area contributed by atoms with Crippen LogP contribution in [0.25, 0.3) is 0 Å². The Morgan fingerprint density at radius 2 is 2.07 bits per heavy atom. The summed E-state index contributed by atoms with van der Waals surface area (Å²) in [5.41, 5.74) is 0.841. The van der Waals surface area contributed by atoms with Crippen molar-refractivity contribution in [1.82, 2.24) is 15.1 Å². The van der Waals surface area contributed by atoms with Crippen LogP contribution in [0.5, 0.6) is 11.5 Å². The maximum atomic E-state index is 12.9. The van der Waals surface area contributed by atoms with Crippen molar-refractivity contribution >= 4 is 28.3 Å². The van der Waals surface area contributed by atoms with Gasteiger partial charge in [-0.05, 0) is 17.7 Å². The number of fused-ring (bicyclic) bond motifs is 1. The minimum Gasteiger partial charge on any atom is -0.454 e. The van der Waals surface area contributed by atoms with Gasteiger partial charge in [-0.3, -0.25) is 9.59 Å². The average molecular weight is 388 g/mol. The minimum absolute atomic E-state index is 0.0713. The zero-order valence-electron chi connectivity index (χ0n) is 15.3. The highest BCUT2D eigenvalue weighted by Crippen LogP contribution is 2.42. The fraction of sp³-hybridized carbons (Fsp3) is 0.444. The van der Waals surface area contributed by atoms with Gasteiger partial charge in [0.1, 0.15) is 5.01 Å². The van der Waals surface area contributed by atoms with Crippen LogP contribution in [0.4, 0.5) is 5.13 Å². The van der Waals surface area contributed by atoms with Gasteiger partial charge in [-0.15, -0.1) is 10.2 Å². The molecule has 1 N–H and O–H groups in total. The maximum absolute atomic E-state index is 12.9. The van der Waals surface area contributed by atoms with E-state index >= 15 is 0 Å². The molecule has 0 aliphatic carbocycles. The molecule has 2 aliphatic heterocycles. The van der Waals surface area contributed by atoms with Crippen LogP contribution in [0.1, 0.15) is 42.8 Å². The van der Waals surface area contributed by atoms with Crippen LogP contribution in [0.2, 0.25) is 0 Å². The lowest BCUT2D eigenvalue weighted by Gasteiger charge is -2.24. The molecule has 4 rings (SSSR count). The van der Waals surface area contributed by atoms with Crippen LogP contribution in [0.15, 0.2) is 18.2 Å². The molecule has 0 spiro atoms. The molecule has 9 heteroatoms. The molecule has 1 saturated heterocycles.